The van der Waals surface area contributed by atoms with Crippen LogP contribution in [0.1, 0.15) is 35.3 Å². The topological polar surface area (TPSA) is 17.1 Å². The fourth-order valence-electron chi connectivity index (χ4n) is 2.92. The van der Waals surface area contributed by atoms with Crippen molar-refractivity contribution < 1.29 is 18.0 Å². The van der Waals surface area contributed by atoms with E-state index in [0.29, 0.717) is 16.4 Å². The Kier molecular flexibility index (Phi) is 4.47. The number of hydrogen-bond donors (Lipinski definition) is 0. The molecule has 0 fully saturated rings. The molecule has 2 aromatic carbocycles. The Hall–Kier alpha value is -1.75. The zero-order chi connectivity index (χ0) is 17.5. The molecule has 0 heterocycles. The molecule has 1 nitrogen and oxygen atoms in total. The van der Waals surface area contributed by atoms with E-state index in [0.717, 1.165) is 29.7 Å². The van der Waals surface area contributed by atoms with E-state index in [2.05, 4.69) is 13.8 Å². The van der Waals surface area contributed by atoms with E-state index in [1.54, 1.807) is 17.8 Å². The minimum atomic E-state index is -4.34. The van der Waals surface area contributed by atoms with Crippen molar-refractivity contribution in [3.05, 3.63) is 59.2 Å². The molecule has 0 bridgehead atoms. The van der Waals surface area contributed by atoms with E-state index in [1.165, 1.54) is 12.1 Å². The van der Waals surface area contributed by atoms with Gasteiger partial charge < -0.3 is 0 Å². The van der Waals surface area contributed by atoms with Crippen LogP contribution in [0.2, 0.25) is 0 Å². The first-order chi connectivity index (χ1) is 11.3. The van der Waals surface area contributed by atoms with Gasteiger partial charge in [0.2, 0.25) is 0 Å². The number of benzene rings is 2. The van der Waals surface area contributed by atoms with Crippen LogP contribution < -0.4 is 0 Å². The van der Waals surface area contributed by atoms with E-state index in [1.807, 2.05) is 12.1 Å². The highest BCUT2D eigenvalue weighted by atomic mass is 32.2. The van der Waals surface area contributed by atoms with E-state index in [4.69, 9.17) is 0 Å². The Morgan fingerprint density at radius 3 is 2.25 bits per heavy atom. The normalized spacial score (nSPS) is 17.4. The van der Waals surface area contributed by atoms with Crippen LogP contribution in [-0.2, 0) is 12.6 Å². The molecule has 2 aromatic rings. The number of hydrogen-bond acceptors (Lipinski definition) is 2. The number of ketones is 1. The fraction of sp³-hybridized carbons (Fsp3) is 0.316. The number of halogens is 3. The first-order valence-electron chi connectivity index (χ1n) is 7.76. The number of carbonyl (C=O) groups is 1. The number of fused-ring (bicyclic) bond motifs is 1. The molecule has 0 saturated carbocycles. The van der Waals surface area contributed by atoms with Crippen LogP contribution in [-0.4, -0.2) is 16.3 Å². The van der Waals surface area contributed by atoms with Crippen LogP contribution in [0.4, 0.5) is 13.2 Å². The smallest absolute Gasteiger partial charge is 0.293 e. The third kappa shape index (κ3) is 3.36. The largest absolute Gasteiger partial charge is 0.416 e. The van der Waals surface area contributed by atoms with E-state index in [-0.39, 0.29) is 11.0 Å². The quantitative estimate of drug-likeness (QED) is 0.714. The monoisotopic (exact) mass is 350 g/mol. The summed E-state index contributed by atoms with van der Waals surface area (Å²) in [7, 11) is 0. The van der Waals surface area contributed by atoms with Gasteiger partial charge in [-0.2, -0.15) is 13.2 Å². The van der Waals surface area contributed by atoms with Gasteiger partial charge >= 0.3 is 6.18 Å². The summed E-state index contributed by atoms with van der Waals surface area (Å²) in [5, 5.41) is 0.325. The summed E-state index contributed by atoms with van der Waals surface area (Å²) in [6, 6.07) is 10.6. The van der Waals surface area contributed by atoms with Crippen LogP contribution in [0.5, 0.6) is 0 Å². The molecular weight excluding hydrogens is 333 g/mol. The number of Topliss-reactive ketones (excluding diaryl/α,β-unsaturated/α-hetero) is 1. The van der Waals surface area contributed by atoms with Gasteiger partial charge in [0.05, 0.1) is 10.8 Å². The number of thioether (sulfide) groups is 1. The maximum Gasteiger partial charge on any atom is 0.416 e. The average molecular weight is 350 g/mol. The lowest BCUT2D eigenvalue weighted by atomic mass is 9.99. The molecule has 0 radical (unpaired) electrons. The highest BCUT2D eigenvalue weighted by molar-refractivity contribution is 8.01. The molecule has 5 heteroatoms. The van der Waals surface area contributed by atoms with Crippen LogP contribution in [0, 0.1) is 0 Å². The van der Waals surface area contributed by atoms with Gasteiger partial charge in [0.1, 0.15) is 0 Å². The first kappa shape index (κ1) is 17.1. The molecule has 1 atom stereocenters. The zero-order valence-electron chi connectivity index (χ0n) is 13.4. The summed E-state index contributed by atoms with van der Waals surface area (Å²) in [5.74, 6) is 0.123. The second kappa shape index (κ2) is 6.28. The lowest BCUT2D eigenvalue weighted by Crippen LogP contribution is -2.14. The molecule has 126 valence electrons. The molecule has 0 amide bonds. The molecule has 0 saturated heterocycles. The minimum absolute atomic E-state index is 0.0529. The SMILES string of the molecule is CC(C)SC1Cc2ccc(-c3ccc(C(F)(F)F)cc3)cc2C1=O. The molecule has 1 aliphatic carbocycles. The van der Waals surface area contributed by atoms with Gasteiger partial charge in [-0.1, -0.05) is 38.1 Å². The van der Waals surface area contributed by atoms with Gasteiger partial charge in [0.15, 0.2) is 5.78 Å². The third-order valence-corrected chi connectivity index (χ3v) is 5.31. The standard InChI is InChI=1S/C19H17F3OS/c1-11(2)24-17-10-14-4-3-13(9-16(14)18(17)23)12-5-7-15(8-6-12)19(20,21)22/h3-9,11,17H,10H2,1-2H3. The minimum Gasteiger partial charge on any atom is -0.293 e. The number of rotatable bonds is 3. The molecule has 0 aromatic heterocycles. The summed E-state index contributed by atoms with van der Waals surface area (Å²) in [6.45, 7) is 4.13. The van der Waals surface area contributed by atoms with Gasteiger partial charge in [0, 0.05) is 5.56 Å². The predicted octanol–water partition coefficient (Wildman–Crippen LogP) is 5.62. The third-order valence-electron chi connectivity index (χ3n) is 4.06. The van der Waals surface area contributed by atoms with Crippen LogP contribution in [0.25, 0.3) is 11.1 Å². The molecule has 0 aliphatic heterocycles. The second-order valence-corrected chi connectivity index (χ2v) is 7.97. The summed E-state index contributed by atoms with van der Waals surface area (Å²) >= 11 is 1.66. The Morgan fingerprint density at radius 1 is 1.04 bits per heavy atom. The Bertz CT molecular complexity index is 763. The summed E-state index contributed by atoms with van der Waals surface area (Å²) in [4.78, 5) is 12.5. The van der Waals surface area contributed by atoms with Crippen LogP contribution in [0.3, 0.4) is 0 Å². The molecule has 1 aliphatic rings. The van der Waals surface area contributed by atoms with Crippen molar-refractivity contribution in [3.8, 4) is 11.1 Å². The van der Waals surface area contributed by atoms with Crippen molar-refractivity contribution >= 4 is 17.5 Å². The summed E-state index contributed by atoms with van der Waals surface area (Å²) in [5.41, 5.74) is 2.50. The highest BCUT2D eigenvalue weighted by Crippen LogP contribution is 2.35. The van der Waals surface area contributed by atoms with Crippen molar-refractivity contribution in [2.24, 2.45) is 0 Å². The zero-order valence-corrected chi connectivity index (χ0v) is 14.2. The Morgan fingerprint density at radius 2 is 1.67 bits per heavy atom. The van der Waals surface area contributed by atoms with Crippen LogP contribution in [0.15, 0.2) is 42.5 Å². The molecule has 3 rings (SSSR count). The van der Waals surface area contributed by atoms with E-state index >= 15 is 0 Å². The molecule has 0 N–H and O–H groups in total. The van der Waals surface area contributed by atoms with Gasteiger partial charge in [-0.15, -0.1) is 11.8 Å². The summed E-state index contributed by atoms with van der Waals surface area (Å²) in [6.07, 6.45) is -3.61. The highest BCUT2D eigenvalue weighted by Gasteiger charge is 2.32. The predicted molar refractivity (Wildman–Crippen MR) is 91.4 cm³/mol. The molecular formula is C19H17F3OS. The van der Waals surface area contributed by atoms with E-state index < -0.39 is 11.7 Å². The second-order valence-electron chi connectivity index (χ2n) is 6.19. The molecule has 24 heavy (non-hydrogen) atoms. The van der Waals surface area contributed by atoms with Crippen LogP contribution >= 0.6 is 11.8 Å². The van der Waals surface area contributed by atoms with Crippen molar-refractivity contribution in [3.63, 3.8) is 0 Å². The average Bonchev–Trinajstić information content (AvgIpc) is 2.82. The lowest BCUT2D eigenvalue weighted by Gasteiger charge is -2.10. The first-order valence-corrected chi connectivity index (χ1v) is 8.70. The van der Waals surface area contributed by atoms with Gasteiger partial charge in [0.25, 0.3) is 0 Å². The fourth-order valence-corrected chi connectivity index (χ4v) is 4.10. The van der Waals surface area contributed by atoms with Gasteiger partial charge in [-0.05, 0) is 46.6 Å². The van der Waals surface area contributed by atoms with E-state index in [9.17, 15) is 18.0 Å². The molecule has 1 unspecified atom stereocenters. The van der Waals surface area contributed by atoms with Crippen molar-refractivity contribution in [2.75, 3.05) is 0 Å². The Labute approximate surface area is 143 Å². The van der Waals surface area contributed by atoms with Crippen molar-refractivity contribution in [1.29, 1.82) is 0 Å². The summed E-state index contributed by atoms with van der Waals surface area (Å²) < 4.78 is 38.0. The maximum atomic E-state index is 12.7. The maximum absolute atomic E-state index is 12.7. The van der Waals surface area contributed by atoms with Crippen molar-refractivity contribution in [2.45, 2.75) is 36.9 Å². The van der Waals surface area contributed by atoms with Gasteiger partial charge in [-0.25, -0.2) is 0 Å². The van der Waals surface area contributed by atoms with Crippen molar-refractivity contribution in [1.82, 2.24) is 0 Å². The number of alkyl halides is 3. The molecule has 0 spiro atoms. The lowest BCUT2D eigenvalue weighted by molar-refractivity contribution is -0.137. The van der Waals surface area contributed by atoms with Gasteiger partial charge in [-0.3, -0.25) is 4.79 Å². The Balaban J connectivity index is 1.88. The number of carbonyl (C=O) groups excluding carboxylic acids is 1.